The van der Waals surface area contributed by atoms with Gasteiger partial charge in [0, 0.05) is 20.1 Å². The van der Waals surface area contributed by atoms with Gasteiger partial charge in [0.25, 0.3) is 11.8 Å². The van der Waals surface area contributed by atoms with Gasteiger partial charge in [0.15, 0.2) is 0 Å². The Bertz CT molecular complexity index is 1410. The van der Waals surface area contributed by atoms with Crippen molar-refractivity contribution < 1.29 is 19.1 Å². The second kappa shape index (κ2) is 10.5. The molecule has 0 atom stereocenters. The molecule has 1 aliphatic heterocycles. The molecule has 1 N–H and O–H groups in total. The molecule has 0 unspecified atom stereocenters. The second-order valence-electron chi connectivity index (χ2n) is 7.57. The molecule has 3 aromatic carbocycles. The summed E-state index contributed by atoms with van der Waals surface area (Å²) in [5, 5.41) is 3.19. The van der Waals surface area contributed by atoms with Crippen LogP contribution < -0.4 is 15.0 Å². The van der Waals surface area contributed by atoms with Gasteiger partial charge in [-0.25, -0.2) is 9.69 Å². The third-order valence-electron chi connectivity index (χ3n) is 5.19. The minimum Gasteiger partial charge on any atom is -0.487 e. The molecule has 1 heterocycles. The topological polar surface area (TPSA) is 75.7 Å². The predicted molar refractivity (Wildman–Crippen MR) is 143 cm³/mol. The maximum atomic E-state index is 13.4. The number of rotatable bonds is 5. The summed E-state index contributed by atoms with van der Waals surface area (Å²) in [4.78, 5) is 39.5. The van der Waals surface area contributed by atoms with E-state index in [9.17, 15) is 14.4 Å². The third-order valence-corrected chi connectivity index (χ3v) is 6.88. The smallest absolute Gasteiger partial charge is 0.335 e. The average molecular weight is 639 g/mol. The van der Waals surface area contributed by atoms with Crippen molar-refractivity contribution in [1.29, 1.82) is 0 Å². The van der Waals surface area contributed by atoms with Crippen LogP contribution in [0.3, 0.4) is 0 Å². The van der Waals surface area contributed by atoms with Crippen molar-refractivity contribution in [3.63, 3.8) is 0 Å². The van der Waals surface area contributed by atoms with Crippen LogP contribution in [0.25, 0.3) is 6.08 Å². The van der Waals surface area contributed by atoms with Crippen molar-refractivity contribution in [1.82, 2.24) is 5.32 Å². The standard InChI is InChI=1S/C25H16Br2Cl2N2O4/c1-13-20(29)6-3-7-21(13)31-24(33)18(23(32)30-25(31)34)10-15-9-16(26)11-19(27)22(15)35-12-14-4-2-5-17(28)8-14/h2-11H,12H2,1H3,(H,30,32,34)/b18-10+. The van der Waals surface area contributed by atoms with E-state index < -0.39 is 17.8 Å². The van der Waals surface area contributed by atoms with Crippen LogP contribution >= 0.6 is 55.1 Å². The summed E-state index contributed by atoms with van der Waals surface area (Å²) in [6.45, 7) is 1.88. The first-order valence-corrected chi connectivity index (χ1v) is 12.5. The molecule has 3 aromatic rings. The largest absolute Gasteiger partial charge is 0.487 e. The Morgan fingerprint density at radius 2 is 1.77 bits per heavy atom. The van der Waals surface area contributed by atoms with Gasteiger partial charge in [-0.05, 0) is 76.5 Å². The van der Waals surface area contributed by atoms with Crippen molar-refractivity contribution >= 4 is 84.7 Å². The fraction of sp³-hybridized carbons (Fsp3) is 0.0800. The number of nitrogens with one attached hydrogen (secondary N) is 1. The van der Waals surface area contributed by atoms with Gasteiger partial charge in [0.1, 0.15) is 17.9 Å². The molecule has 4 amide bonds. The lowest BCUT2D eigenvalue weighted by Crippen LogP contribution is -2.54. The Hall–Kier alpha value is -2.65. The number of hydrogen-bond acceptors (Lipinski definition) is 4. The van der Waals surface area contributed by atoms with Gasteiger partial charge in [-0.3, -0.25) is 14.9 Å². The predicted octanol–water partition coefficient (Wildman–Crippen LogP) is 7.07. The summed E-state index contributed by atoms with van der Waals surface area (Å²) in [5.74, 6) is -1.18. The fourth-order valence-corrected chi connectivity index (χ4v) is 5.25. The maximum Gasteiger partial charge on any atom is 0.335 e. The molecule has 0 aliphatic carbocycles. The van der Waals surface area contributed by atoms with Crippen molar-refractivity contribution in [2.75, 3.05) is 4.90 Å². The van der Waals surface area contributed by atoms with E-state index in [0.717, 1.165) is 10.5 Å². The van der Waals surface area contributed by atoms with E-state index in [1.807, 2.05) is 12.1 Å². The molecule has 4 rings (SSSR count). The molecule has 1 fully saturated rings. The number of nitrogens with zero attached hydrogens (tertiary/aromatic N) is 1. The summed E-state index contributed by atoms with van der Waals surface area (Å²) in [6, 6.07) is 14.7. The maximum absolute atomic E-state index is 13.4. The molecule has 1 saturated heterocycles. The van der Waals surface area contributed by atoms with Gasteiger partial charge in [-0.15, -0.1) is 0 Å². The normalized spacial score (nSPS) is 14.9. The highest BCUT2D eigenvalue weighted by Crippen LogP contribution is 2.36. The molecule has 1 aliphatic rings. The molecule has 6 nitrogen and oxygen atoms in total. The number of halogens is 4. The summed E-state index contributed by atoms with van der Waals surface area (Å²) in [6.07, 6.45) is 1.39. The first kappa shape index (κ1) is 25.4. The number of carbonyl (C=O) groups excluding carboxylic acids is 3. The number of ether oxygens (including phenoxy) is 1. The first-order valence-electron chi connectivity index (χ1n) is 10.2. The zero-order chi connectivity index (χ0) is 25.3. The van der Waals surface area contributed by atoms with Crippen molar-refractivity contribution in [2.45, 2.75) is 13.5 Å². The highest BCUT2D eigenvalue weighted by molar-refractivity contribution is 9.11. The van der Waals surface area contributed by atoms with Gasteiger partial charge in [-0.1, -0.05) is 57.3 Å². The van der Waals surface area contributed by atoms with E-state index in [-0.39, 0.29) is 17.9 Å². The van der Waals surface area contributed by atoms with Crippen molar-refractivity contribution in [3.05, 3.63) is 95.9 Å². The SMILES string of the molecule is Cc1c(Cl)cccc1N1C(=O)NC(=O)/C(=C\c2cc(Br)cc(Br)c2OCc2cccc(Cl)c2)C1=O. The fourth-order valence-electron chi connectivity index (χ4n) is 3.49. The number of hydrogen-bond donors (Lipinski definition) is 1. The van der Waals surface area contributed by atoms with E-state index >= 15 is 0 Å². The van der Waals surface area contributed by atoms with E-state index in [4.69, 9.17) is 27.9 Å². The lowest BCUT2D eigenvalue weighted by atomic mass is 10.0. The number of urea groups is 1. The first-order chi connectivity index (χ1) is 16.7. The number of carbonyl (C=O) groups is 3. The average Bonchev–Trinajstić information content (AvgIpc) is 2.78. The van der Waals surface area contributed by atoms with E-state index in [0.29, 0.717) is 35.9 Å². The van der Waals surface area contributed by atoms with Gasteiger partial charge in [0.05, 0.1) is 10.2 Å². The quantitative estimate of drug-likeness (QED) is 0.240. The highest BCUT2D eigenvalue weighted by Gasteiger charge is 2.38. The molecular weight excluding hydrogens is 623 g/mol. The molecule has 0 spiro atoms. The Labute approximate surface area is 228 Å². The van der Waals surface area contributed by atoms with Crippen LogP contribution in [-0.2, 0) is 16.2 Å². The minimum atomic E-state index is -0.852. The Morgan fingerprint density at radius 1 is 1.03 bits per heavy atom. The van der Waals surface area contributed by atoms with Gasteiger partial charge >= 0.3 is 6.03 Å². The van der Waals surface area contributed by atoms with E-state index in [1.165, 1.54) is 6.08 Å². The number of amides is 4. The third kappa shape index (κ3) is 5.46. The molecule has 10 heteroatoms. The van der Waals surface area contributed by atoms with E-state index in [2.05, 4.69) is 37.2 Å². The van der Waals surface area contributed by atoms with Gasteiger partial charge < -0.3 is 4.74 Å². The monoisotopic (exact) mass is 636 g/mol. The lowest BCUT2D eigenvalue weighted by Gasteiger charge is -2.28. The molecule has 0 radical (unpaired) electrons. The number of barbiturate groups is 1. The van der Waals surface area contributed by atoms with Gasteiger partial charge in [0.2, 0.25) is 0 Å². The summed E-state index contributed by atoms with van der Waals surface area (Å²) < 4.78 is 7.32. The van der Waals surface area contributed by atoms with Crippen molar-refractivity contribution in [2.24, 2.45) is 0 Å². The molecule has 0 saturated carbocycles. The van der Waals surface area contributed by atoms with Crippen LogP contribution in [0.5, 0.6) is 5.75 Å². The Kier molecular flexibility index (Phi) is 7.66. The number of anilines is 1. The molecule has 178 valence electrons. The van der Waals surface area contributed by atoms with Crippen LogP contribution in [0.4, 0.5) is 10.5 Å². The highest BCUT2D eigenvalue weighted by atomic mass is 79.9. The molecule has 35 heavy (non-hydrogen) atoms. The van der Waals surface area contributed by atoms with Crippen LogP contribution in [0.1, 0.15) is 16.7 Å². The zero-order valence-electron chi connectivity index (χ0n) is 18.1. The Balaban J connectivity index is 1.74. The number of imide groups is 2. The van der Waals surface area contributed by atoms with Crippen LogP contribution in [-0.4, -0.2) is 17.8 Å². The number of benzene rings is 3. The Morgan fingerprint density at radius 3 is 2.51 bits per heavy atom. The summed E-state index contributed by atoms with van der Waals surface area (Å²) >= 11 is 19.2. The zero-order valence-corrected chi connectivity index (χ0v) is 22.8. The van der Waals surface area contributed by atoms with Crippen LogP contribution in [0.15, 0.2) is 69.1 Å². The molecule has 0 aromatic heterocycles. The minimum absolute atomic E-state index is 0.198. The van der Waals surface area contributed by atoms with Gasteiger partial charge in [-0.2, -0.15) is 0 Å². The van der Waals surface area contributed by atoms with Crippen LogP contribution in [0.2, 0.25) is 10.0 Å². The van der Waals surface area contributed by atoms with Crippen molar-refractivity contribution in [3.8, 4) is 5.75 Å². The lowest BCUT2D eigenvalue weighted by molar-refractivity contribution is -0.122. The second-order valence-corrected chi connectivity index (χ2v) is 10.2. The van der Waals surface area contributed by atoms with E-state index in [1.54, 1.807) is 49.4 Å². The van der Waals surface area contributed by atoms with Crippen LogP contribution in [0, 0.1) is 6.92 Å². The molecule has 0 bridgehead atoms. The summed E-state index contributed by atoms with van der Waals surface area (Å²) in [5.41, 5.74) is 1.87. The summed E-state index contributed by atoms with van der Waals surface area (Å²) in [7, 11) is 0. The molecular formula is C25H16Br2Cl2N2O4.